The molecule has 0 bridgehead atoms. The molecule has 1 aliphatic rings. The van der Waals surface area contributed by atoms with Gasteiger partial charge in [-0.1, -0.05) is 42.4 Å². The van der Waals surface area contributed by atoms with E-state index in [2.05, 4.69) is 63.6 Å². The number of rotatable bonds is 7. The summed E-state index contributed by atoms with van der Waals surface area (Å²) in [6, 6.07) is 8.55. The molecule has 0 unspecified atom stereocenters. The van der Waals surface area contributed by atoms with Gasteiger partial charge in [0.25, 0.3) is 0 Å². The van der Waals surface area contributed by atoms with Crippen LogP contribution in [0.3, 0.4) is 0 Å². The lowest BCUT2D eigenvalue weighted by Gasteiger charge is -2.13. The minimum Gasteiger partial charge on any atom is -0.302 e. The third-order valence-corrected chi connectivity index (χ3v) is 8.66. The number of thioether (sulfide) groups is 1. The largest absolute Gasteiger partial charge is 0.302 e. The number of aromatic nitrogens is 4. The van der Waals surface area contributed by atoms with E-state index in [4.69, 9.17) is 4.98 Å². The highest BCUT2D eigenvalue weighted by molar-refractivity contribution is 7.98. The lowest BCUT2D eigenvalue weighted by Crippen LogP contribution is -2.05. The Balaban J connectivity index is 1.36. The smallest absolute Gasteiger partial charge is 0.191 e. The van der Waals surface area contributed by atoms with E-state index in [0.29, 0.717) is 0 Å². The average Bonchev–Trinajstić information content (AvgIpc) is 3.51. The highest BCUT2D eigenvalue weighted by Gasteiger charge is 2.22. The molecule has 4 aromatic rings. The van der Waals surface area contributed by atoms with E-state index < -0.39 is 0 Å². The Morgan fingerprint density at radius 2 is 2.00 bits per heavy atom. The summed E-state index contributed by atoms with van der Waals surface area (Å²) in [5, 5.41) is 15.8. The molecule has 0 spiro atoms. The fraction of sp³-hybridized carbons (Fsp3) is 0.375. The Bertz CT molecular complexity index is 1190. The Hall–Kier alpha value is -1.96. The number of nitrogens with zero attached hydrogens (tertiary/aromatic N) is 4. The van der Waals surface area contributed by atoms with Crippen molar-refractivity contribution in [2.45, 2.75) is 63.4 Å². The molecule has 4 nitrogen and oxygen atoms in total. The van der Waals surface area contributed by atoms with Crippen molar-refractivity contribution in [1.29, 1.82) is 0 Å². The molecule has 0 atom stereocenters. The molecule has 0 N–H and O–H groups in total. The maximum Gasteiger partial charge on any atom is 0.191 e. The fourth-order valence-corrected chi connectivity index (χ4v) is 7.03. The molecule has 7 heteroatoms. The lowest BCUT2D eigenvalue weighted by molar-refractivity contribution is 0.625. The monoisotopic (exact) mass is 466 g/mol. The van der Waals surface area contributed by atoms with Crippen molar-refractivity contribution in [2.24, 2.45) is 0 Å². The van der Waals surface area contributed by atoms with Crippen LogP contribution in [0.2, 0.25) is 0 Å². The van der Waals surface area contributed by atoms with Crippen LogP contribution >= 0.6 is 34.4 Å². The molecule has 0 aliphatic heterocycles. The minimum atomic E-state index is 0.811. The fourth-order valence-electron chi connectivity index (χ4n) is 4.12. The van der Waals surface area contributed by atoms with Crippen LogP contribution in [0.5, 0.6) is 0 Å². The molecule has 1 aliphatic carbocycles. The van der Waals surface area contributed by atoms with Crippen molar-refractivity contribution in [2.75, 3.05) is 0 Å². The maximum atomic E-state index is 4.87. The van der Waals surface area contributed by atoms with E-state index in [9.17, 15) is 0 Å². The van der Waals surface area contributed by atoms with Crippen LogP contribution in [0.15, 0.2) is 40.2 Å². The van der Waals surface area contributed by atoms with Gasteiger partial charge in [0.1, 0.15) is 5.01 Å². The van der Waals surface area contributed by atoms with Crippen LogP contribution in [-0.2, 0) is 25.1 Å². The van der Waals surface area contributed by atoms with Gasteiger partial charge in [-0.2, -0.15) is 0 Å². The molecule has 31 heavy (non-hydrogen) atoms. The van der Waals surface area contributed by atoms with Gasteiger partial charge in [-0.3, -0.25) is 0 Å². The van der Waals surface area contributed by atoms with Gasteiger partial charge < -0.3 is 4.57 Å². The highest BCUT2D eigenvalue weighted by atomic mass is 32.2. The van der Waals surface area contributed by atoms with E-state index in [1.807, 2.05) is 11.3 Å². The van der Waals surface area contributed by atoms with Crippen molar-refractivity contribution in [3.05, 3.63) is 56.7 Å². The summed E-state index contributed by atoms with van der Waals surface area (Å²) in [7, 11) is 0. The van der Waals surface area contributed by atoms with Crippen molar-refractivity contribution < 1.29 is 0 Å². The molecule has 1 aromatic carbocycles. The molecule has 0 saturated carbocycles. The second-order valence-corrected chi connectivity index (χ2v) is 10.8. The van der Waals surface area contributed by atoms with Crippen molar-refractivity contribution in [1.82, 2.24) is 19.7 Å². The van der Waals surface area contributed by atoms with Gasteiger partial charge in [-0.15, -0.1) is 32.9 Å². The van der Waals surface area contributed by atoms with Crippen LogP contribution in [-0.4, -0.2) is 19.7 Å². The Kier molecular flexibility index (Phi) is 6.25. The molecule has 5 rings (SSSR count). The first kappa shape index (κ1) is 20.9. The molecule has 3 aromatic heterocycles. The summed E-state index contributed by atoms with van der Waals surface area (Å²) in [5.41, 5.74) is 6.38. The number of thiophene rings is 1. The molecular formula is C24H26N4S3. The summed E-state index contributed by atoms with van der Waals surface area (Å²) in [5.74, 6) is 1.86. The first-order valence-corrected chi connectivity index (χ1v) is 13.6. The van der Waals surface area contributed by atoms with Crippen molar-refractivity contribution >= 4 is 34.4 Å². The van der Waals surface area contributed by atoms with E-state index in [0.717, 1.165) is 40.4 Å². The zero-order chi connectivity index (χ0) is 21.2. The maximum absolute atomic E-state index is 4.87. The molecule has 0 amide bonds. The molecular weight excluding hydrogens is 440 g/mol. The van der Waals surface area contributed by atoms with Gasteiger partial charge in [0, 0.05) is 39.1 Å². The summed E-state index contributed by atoms with van der Waals surface area (Å²) in [6.07, 6.45) is 6.06. The predicted octanol–water partition coefficient (Wildman–Crippen LogP) is 7.02. The van der Waals surface area contributed by atoms with Crippen LogP contribution in [0.25, 0.3) is 22.0 Å². The number of benzene rings is 1. The van der Waals surface area contributed by atoms with E-state index in [1.54, 1.807) is 28.0 Å². The van der Waals surface area contributed by atoms with Gasteiger partial charge >= 0.3 is 0 Å². The number of thiazole rings is 1. The quantitative estimate of drug-likeness (QED) is 0.275. The molecule has 0 radical (unpaired) electrons. The standard InChI is InChI=1S/C24H26N4S3/c1-3-11-28-22(20-15-29-21-10-5-4-9-19(20)21)26-27-24(28)31-14-18-13-30-23(25-18)17-8-6-7-16(2)12-17/h6-8,12-13,15H,3-5,9-11,14H2,1-2H3. The highest BCUT2D eigenvalue weighted by Crippen LogP contribution is 2.37. The first-order chi connectivity index (χ1) is 15.2. The van der Waals surface area contributed by atoms with Crippen LogP contribution in [0, 0.1) is 6.92 Å². The summed E-state index contributed by atoms with van der Waals surface area (Å²) in [6.45, 7) is 5.29. The minimum absolute atomic E-state index is 0.811. The number of aryl methyl sites for hydroxylation is 2. The SMILES string of the molecule is CCCn1c(SCc2csc(-c3cccc(C)c3)n2)nnc1-c1csc2c1CCCC2. The van der Waals surface area contributed by atoms with Gasteiger partial charge in [-0.05, 0) is 50.7 Å². The molecule has 0 fully saturated rings. The van der Waals surface area contributed by atoms with Gasteiger partial charge in [-0.25, -0.2) is 4.98 Å². The molecule has 160 valence electrons. The summed E-state index contributed by atoms with van der Waals surface area (Å²) >= 11 is 5.36. The van der Waals surface area contributed by atoms with Gasteiger partial charge in [0.05, 0.1) is 5.69 Å². The topological polar surface area (TPSA) is 43.6 Å². The van der Waals surface area contributed by atoms with Crippen molar-refractivity contribution in [3.63, 3.8) is 0 Å². The summed E-state index contributed by atoms with van der Waals surface area (Å²) in [4.78, 5) is 6.42. The predicted molar refractivity (Wildman–Crippen MR) is 132 cm³/mol. The molecule has 0 saturated heterocycles. The van der Waals surface area contributed by atoms with Crippen LogP contribution < -0.4 is 0 Å². The first-order valence-electron chi connectivity index (χ1n) is 10.9. The number of hydrogen-bond acceptors (Lipinski definition) is 6. The zero-order valence-electron chi connectivity index (χ0n) is 17.9. The van der Waals surface area contributed by atoms with E-state index in [1.165, 1.54) is 47.9 Å². The van der Waals surface area contributed by atoms with Crippen molar-refractivity contribution in [3.8, 4) is 22.0 Å². The zero-order valence-corrected chi connectivity index (χ0v) is 20.4. The second-order valence-electron chi connectivity index (χ2n) is 8.02. The van der Waals surface area contributed by atoms with Crippen LogP contribution in [0.4, 0.5) is 0 Å². The Morgan fingerprint density at radius 1 is 1.10 bits per heavy atom. The Morgan fingerprint density at radius 3 is 2.87 bits per heavy atom. The second kappa shape index (κ2) is 9.27. The summed E-state index contributed by atoms with van der Waals surface area (Å²) < 4.78 is 2.31. The van der Waals surface area contributed by atoms with Gasteiger partial charge in [0.2, 0.25) is 0 Å². The lowest BCUT2D eigenvalue weighted by atomic mass is 9.95. The Labute approximate surface area is 195 Å². The van der Waals surface area contributed by atoms with E-state index in [-0.39, 0.29) is 0 Å². The third kappa shape index (κ3) is 4.36. The third-order valence-electron chi connectivity index (χ3n) is 5.63. The van der Waals surface area contributed by atoms with Crippen LogP contribution in [0.1, 0.15) is 47.9 Å². The normalized spacial score (nSPS) is 13.5. The molecule has 3 heterocycles. The number of hydrogen-bond donors (Lipinski definition) is 0. The average molecular weight is 467 g/mol. The number of fused-ring (bicyclic) bond motifs is 1. The van der Waals surface area contributed by atoms with E-state index >= 15 is 0 Å². The van der Waals surface area contributed by atoms with Gasteiger partial charge in [0.15, 0.2) is 11.0 Å².